The number of nitrogens with one attached hydrogen (secondary N) is 1. The lowest BCUT2D eigenvalue weighted by Gasteiger charge is -2.36. The van der Waals surface area contributed by atoms with Crippen molar-refractivity contribution in [1.29, 1.82) is 0 Å². The first-order valence-corrected chi connectivity index (χ1v) is 5.30. The van der Waals surface area contributed by atoms with Crippen LogP contribution in [0.1, 0.15) is 19.4 Å². The van der Waals surface area contributed by atoms with Crippen LogP contribution in [0.5, 0.6) is 0 Å². The summed E-state index contributed by atoms with van der Waals surface area (Å²) in [5, 5.41) is 3.45. The summed E-state index contributed by atoms with van der Waals surface area (Å²) in [6.45, 7) is 8.84. The Bertz CT molecular complexity index is 331. The molecule has 2 rings (SSSR count). The molecule has 0 saturated carbocycles. The molecule has 0 spiro atoms. The lowest BCUT2D eigenvalue weighted by molar-refractivity contribution is 0.679. The smallest absolute Gasteiger partial charge is 0.0634 e. The van der Waals surface area contributed by atoms with Crippen LogP contribution in [0.15, 0.2) is 18.2 Å². The zero-order valence-corrected chi connectivity index (χ0v) is 9.17. The van der Waals surface area contributed by atoms with E-state index >= 15 is 0 Å². The van der Waals surface area contributed by atoms with Gasteiger partial charge in [-0.05, 0) is 32.4 Å². The molecule has 1 N–H and O–H groups in total. The van der Waals surface area contributed by atoms with Crippen molar-refractivity contribution >= 4 is 11.4 Å². The molecule has 76 valence electrons. The molecule has 1 aliphatic rings. The molecule has 1 aromatic carbocycles. The first-order chi connectivity index (χ1) is 6.70. The lowest BCUT2D eigenvalue weighted by Crippen LogP contribution is -2.39. The molecule has 0 saturated heterocycles. The third kappa shape index (κ3) is 1.45. The Morgan fingerprint density at radius 2 is 2.14 bits per heavy atom. The molecule has 1 aliphatic heterocycles. The van der Waals surface area contributed by atoms with Crippen LogP contribution < -0.4 is 10.2 Å². The summed E-state index contributed by atoms with van der Waals surface area (Å²) in [7, 11) is 0. The molecule has 1 aromatic rings. The molecule has 2 heteroatoms. The van der Waals surface area contributed by atoms with Gasteiger partial charge in [0.05, 0.1) is 11.4 Å². The number of aryl methyl sites for hydroxylation is 1. The highest BCUT2D eigenvalue weighted by molar-refractivity contribution is 5.75. The summed E-state index contributed by atoms with van der Waals surface area (Å²) in [4.78, 5) is 2.47. The van der Waals surface area contributed by atoms with E-state index in [0.717, 1.165) is 13.1 Å². The fraction of sp³-hybridized carbons (Fsp3) is 0.500. The van der Waals surface area contributed by atoms with Crippen LogP contribution in [-0.4, -0.2) is 19.1 Å². The van der Waals surface area contributed by atoms with Crippen LogP contribution in [0, 0.1) is 6.92 Å². The molecule has 2 nitrogen and oxygen atoms in total. The largest absolute Gasteiger partial charge is 0.382 e. The number of nitrogens with zero attached hydrogens (tertiary/aromatic N) is 1. The molecule has 0 aromatic heterocycles. The highest BCUT2D eigenvalue weighted by atomic mass is 15.2. The van der Waals surface area contributed by atoms with Crippen LogP contribution in [-0.2, 0) is 0 Å². The van der Waals surface area contributed by atoms with Gasteiger partial charge in [0.25, 0.3) is 0 Å². The van der Waals surface area contributed by atoms with Gasteiger partial charge in [-0.25, -0.2) is 0 Å². The van der Waals surface area contributed by atoms with E-state index in [0.29, 0.717) is 6.04 Å². The van der Waals surface area contributed by atoms with E-state index in [1.54, 1.807) is 0 Å². The van der Waals surface area contributed by atoms with Crippen molar-refractivity contribution in [3.05, 3.63) is 23.8 Å². The molecule has 0 unspecified atom stereocenters. The van der Waals surface area contributed by atoms with Crippen molar-refractivity contribution in [3.8, 4) is 0 Å². The molecule has 14 heavy (non-hydrogen) atoms. The minimum atomic E-state index is 0.581. The molecule has 0 atom stereocenters. The second-order valence-electron chi connectivity index (χ2n) is 4.18. The molecule has 1 heterocycles. The van der Waals surface area contributed by atoms with Gasteiger partial charge in [-0.2, -0.15) is 0 Å². The van der Waals surface area contributed by atoms with E-state index in [1.165, 1.54) is 16.9 Å². The first-order valence-electron chi connectivity index (χ1n) is 5.30. The van der Waals surface area contributed by atoms with Gasteiger partial charge in [0.15, 0.2) is 0 Å². The number of hydrogen-bond acceptors (Lipinski definition) is 2. The predicted octanol–water partition coefficient (Wildman–Crippen LogP) is 2.64. The molecule has 0 aliphatic carbocycles. The van der Waals surface area contributed by atoms with Gasteiger partial charge in [-0.15, -0.1) is 0 Å². The quantitative estimate of drug-likeness (QED) is 0.732. The van der Waals surface area contributed by atoms with E-state index < -0.39 is 0 Å². The van der Waals surface area contributed by atoms with Crippen LogP contribution >= 0.6 is 0 Å². The van der Waals surface area contributed by atoms with Gasteiger partial charge in [-0.3, -0.25) is 0 Å². The van der Waals surface area contributed by atoms with Gasteiger partial charge in [0.2, 0.25) is 0 Å². The van der Waals surface area contributed by atoms with E-state index in [2.05, 4.69) is 49.2 Å². The fourth-order valence-corrected chi connectivity index (χ4v) is 2.12. The topological polar surface area (TPSA) is 15.3 Å². The molecule has 0 radical (unpaired) electrons. The summed E-state index contributed by atoms with van der Waals surface area (Å²) in [6, 6.07) is 7.04. The molecule has 0 fully saturated rings. The van der Waals surface area contributed by atoms with Crippen molar-refractivity contribution in [2.45, 2.75) is 26.8 Å². The Kier molecular flexibility index (Phi) is 2.36. The van der Waals surface area contributed by atoms with Crippen molar-refractivity contribution < 1.29 is 0 Å². The SMILES string of the molecule is Cc1cccc2c1N(C(C)C)CCN2. The lowest BCUT2D eigenvalue weighted by atomic mass is 10.1. The second kappa shape index (κ2) is 3.52. The third-order valence-electron chi connectivity index (χ3n) is 2.82. The monoisotopic (exact) mass is 190 g/mol. The average Bonchev–Trinajstić information content (AvgIpc) is 2.17. The average molecular weight is 190 g/mol. The number of anilines is 2. The number of fused-ring (bicyclic) bond motifs is 1. The van der Waals surface area contributed by atoms with Gasteiger partial charge in [0.1, 0.15) is 0 Å². The maximum atomic E-state index is 3.45. The summed E-state index contributed by atoms with van der Waals surface area (Å²) in [5.41, 5.74) is 4.03. The van der Waals surface area contributed by atoms with E-state index in [9.17, 15) is 0 Å². The van der Waals surface area contributed by atoms with Gasteiger partial charge in [0, 0.05) is 19.1 Å². The van der Waals surface area contributed by atoms with Gasteiger partial charge in [-0.1, -0.05) is 12.1 Å². The summed E-state index contributed by atoms with van der Waals surface area (Å²) in [6.07, 6.45) is 0. The normalized spacial score (nSPS) is 15.3. The van der Waals surface area contributed by atoms with Crippen molar-refractivity contribution in [2.75, 3.05) is 23.3 Å². The minimum absolute atomic E-state index is 0.581. The Hall–Kier alpha value is -1.18. The van der Waals surface area contributed by atoms with Gasteiger partial charge < -0.3 is 10.2 Å². The Morgan fingerprint density at radius 1 is 1.36 bits per heavy atom. The number of hydrogen-bond donors (Lipinski definition) is 1. The zero-order chi connectivity index (χ0) is 10.1. The van der Waals surface area contributed by atoms with Crippen LogP contribution in [0.25, 0.3) is 0 Å². The standard InChI is InChI=1S/C12H18N2/c1-9(2)14-8-7-13-11-6-4-5-10(3)12(11)14/h4-6,9,13H,7-8H2,1-3H3. The number of benzene rings is 1. The van der Waals surface area contributed by atoms with Crippen molar-refractivity contribution in [1.82, 2.24) is 0 Å². The molecular formula is C12H18N2. The minimum Gasteiger partial charge on any atom is -0.382 e. The highest BCUT2D eigenvalue weighted by Gasteiger charge is 2.19. The van der Waals surface area contributed by atoms with Crippen LogP contribution in [0.4, 0.5) is 11.4 Å². The van der Waals surface area contributed by atoms with Crippen molar-refractivity contribution in [2.24, 2.45) is 0 Å². The van der Waals surface area contributed by atoms with E-state index in [4.69, 9.17) is 0 Å². The summed E-state index contributed by atoms with van der Waals surface area (Å²) < 4.78 is 0. The summed E-state index contributed by atoms with van der Waals surface area (Å²) in [5.74, 6) is 0. The molecule has 0 amide bonds. The highest BCUT2D eigenvalue weighted by Crippen LogP contribution is 2.33. The number of rotatable bonds is 1. The van der Waals surface area contributed by atoms with Crippen LogP contribution in [0.3, 0.4) is 0 Å². The maximum Gasteiger partial charge on any atom is 0.0634 e. The van der Waals surface area contributed by atoms with Crippen molar-refractivity contribution in [3.63, 3.8) is 0 Å². The van der Waals surface area contributed by atoms with Gasteiger partial charge >= 0.3 is 0 Å². The third-order valence-corrected chi connectivity index (χ3v) is 2.82. The van der Waals surface area contributed by atoms with E-state index in [-0.39, 0.29) is 0 Å². The molecular weight excluding hydrogens is 172 g/mol. The first kappa shape index (κ1) is 9.38. The maximum absolute atomic E-state index is 3.45. The summed E-state index contributed by atoms with van der Waals surface area (Å²) >= 11 is 0. The molecule has 0 bridgehead atoms. The van der Waals surface area contributed by atoms with Crippen LogP contribution in [0.2, 0.25) is 0 Å². The number of para-hydroxylation sites is 1. The second-order valence-corrected chi connectivity index (χ2v) is 4.18. The van der Waals surface area contributed by atoms with E-state index in [1.807, 2.05) is 0 Å². The Morgan fingerprint density at radius 3 is 2.86 bits per heavy atom. The predicted molar refractivity (Wildman–Crippen MR) is 62.2 cm³/mol. The zero-order valence-electron chi connectivity index (χ0n) is 9.17. The Labute approximate surface area is 85.9 Å². The Balaban J connectivity index is 2.47. The fourth-order valence-electron chi connectivity index (χ4n) is 2.12.